The Balaban J connectivity index is 2.12. The molecule has 0 aromatic heterocycles. The summed E-state index contributed by atoms with van der Waals surface area (Å²) in [6, 6.07) is 2.28. The molecule has 1 saturated carbocycles. The van der Waals surface area contributed by atoms with E-state index >= 15 is 0 Å². The first kappa shape index (κ1) is 15.5. The topological polar surface area (TPSA) is 40.5 Å². The van der Waals surface area contributed by atoms with Gasteiger partial charge in [-0.2, -0.15) is 0 Å². The molecule has 6 heteroatoms. The van der Waals surface area contributed by atoms with Gasteiger partial charge in [-0.1, -0.05) is 29.6 Å². The summed E-state index contributed by atoms with van der Waals surface area (Å²) in [4.78, 5) is 13.7. The van der Waals surface area contributed by atoms with Gasteiger partial charge >= 0.3 is 0 Å². The number of halogens is 3. The van der Waals surface area contributed by atoms with Crippen molar-refractivity contribution >= 4 is 29.1 Å². The Morgan fingerprint density at radius 2 is 2.10 bits per heavy atom. The maximum atomic E-state index is 13.4. The van der Waals surface area contributed by atoms with Gasteiger partial charge in [-0.15, -0.1) is 0 Å². The van der Waals surface area contributed by atoms with E-state index in [1.54, 1.807) is 7.05 Å². The largest absolute Gasteiger partial charge is 0.393 e. The molecule has 0 saturated heterocycles. The summed E-state index contributed by atoms with van der Waals surface area (Å²) in [5, 5.41) is 9.80. The Hall–Kier alpha value is -0.840. The van der Waals surface area contributed by atoms with E-state index in [9.17, 15) is 14.3 Å². The van der Waals surface area contributed by atoms with Crippen molar-refractivity contribution in [3.63, 3.8) is 0 Å². The molecule has 0 unspecified atom stereocenters. The van der Waals surface area contributed by atoms with Crippen molar-refractivity contribution in [1.82, 2.24) is 4.90 Å². The predicted octanol–water partition coefficient (Wildman–Crippen LogP) is 3.37. The number of aliphatic hydroxyl groups excluding tert-OH is 1. The van der Waals surface area contributed by atoms with Crippen LogP contribution in [0.4, 0.5) is 4.39 Å². The zero-order valence-corrected chi connectivity index (χ0v) is 12.6. The fourth-order valence-corrected chi connectivity index (χ4v) is 3.02. The normalized spacial score (nSPS) is 22.1. The van der Waals surface area contributed by atoms with Gasteiger partial charge in [-0.05, 0) is 25.0 Å². The molecule has 1 aromatic rings. The summed E-state index contributed by atoms with van der Waals surface area (Å²) >= 11 is 11.5. The first-order valence-electron chi connectivity index (χ1n) is 6.48. The molecule has 2 atom stereocenters. The van der Waals surface area contributed by atoms with Gasteiger partial charge in [0.1, 0.15) is 5.82 Å². The number of carbonyl (C=O) groups excluding carboxylic acids is 1. The molecule has 3 nitrogen and oxygen atoms in total. The molecule has 0 bridgehead atoms. The second kappa shape index (κ2) is 6.29. The van der Waals surface area contributed by atoms with Crippen molar-refractivity contribution in [2.45, 2.75) is 25.4 Å². The molecular formula is C14H16Cl2FNO2. The molecule has 1 aliphatic rings. The van der Waals surface area contributed by atoms with Crippen LogP contribution in [0.1, 0.15) is 29.6 Å². The van der Waals surface area contributed by atoms with E-state index in [0.717, 1.165) is 25.3 Å². The Morgan fingerprint density at radius 1 is 1.40 bits per heavy atom. The van der Waals surface area contributed by atoms with Crippen molar-refractivity contribution in [3.8, 4) is 0 Å². The molecular weight excluding hydrogens is 304 g/mol. The quantitative estimate of drug-likeness (QED) is 0.868. The summed E-state index contributed by atoms with van der Waals surface area (Å²) in [7, 11) is 1.62. The lowest BCUT2D eigenvalue weighted by atomic mass is 10.1. The van der Waals surface area contributed by atoms with Gasteiger partial charge in [0.2, 0.25) is 0 Å². The van der Waals surface area contributed by atoms with Crippen LogP contribution in [-0.2, 0) is 0 Å². The smallest absolute Gasteiger partial charge is 0.255 e. The lowest BCUT2D eigenvalue weighted by molar-refractivity contribution is 0.0693. The monoisotopic (exact) mass is 319 g/mol. The molecule has 0 radical (unpaired) electrons. The van der Waals surface area contributed by atoms with E-state index in [1.165, 1.54) is 11.0 Å². The van der Waals surface area contributed by atoms with Gasteiger partial charge in [0, 0.05) is 19.5 Å². The number of rotatable bonds is 3. The fourth-order valence-electron chi connectivity index (χ4n) is 2.56. The zero-order valence-electron chi connectivity index (χ0n) is 11.1. The average Bonchev–Trinajstić information content (AvgIpc) is 2.78. The highest BCUT2D eigenvalue weighted by Gasteiger charge is 2.28. The van der Waals surface area contributed by atoms with E-state index in [1.807, 2.05) is 0 Å². The first-order valence-corrected chi connectivity index (χ1v) is 7.24. The van der Waals surface area contributed by atoms with E-state index in [2.05, 4.69) is 0 Å². The second-order valence-electron chi connectivity index (χ2n) is 5.19. The van der Waals surface area contributed by atoms with Gasteiger partial charge in [0.05, 0.1) is 21.7 Å². The number of benzene rings is 1. The highest BCUT2D eigenvalue weighted by atomic mass is 35.5. The fraction of sp³-hybridized carbons (Fsp3) is 0.500. The molecule has 1 fully saturated rings. The number of hydrogen-bond acceptors (Lipinski definition) is 2. The minimum Gasteiger partial charge on any atom is -0.393 e. The lowest BCUT2D eigenvalue weighted by Crippen LogP contribution is -2.34. The molecule has 1 aliphatic carbocycles. The molecule has 110 valence electrons. The molecule has 1 amide bonds. The van der Waals surface area contributed by atoms with Gasteiger partial charge in [0.25, 0.3) is 5.91 Å². The van der Waals surface area contributed by atoms with Crippen LogP contribution in [-0.4, -0.2) is 35.6 Å². The number of carbonyl (C=O) groups is 1. The SMILES string of the molecule is CN(C[C@H]1CCC[C@@H]1O)C(=O)c1cc(F)c(Cl)cc1Cl. The Bertz CT molecular complexity index is 524. The third-order valence-corrected chi connectivity index (χ3v) is 4.32. The minimum absolute atomic E-state index is 0.0693. The van der Waals surface area contributed by atoms with Crippen LogP contribution in [0, 0.1) is 11.7 Å². The van der Waals surface area contributed by atoms with Crippen LogP contribution < -0.4 is 0 Å². The molecule has 20 heavy (non-hydrogen) atoms. The third kappa shape index (κ3) is 3.25. The molecule has 0 spiro atoms. The van der Waals surface area contributed by atoms with Crippen molar-refractivity contribution in [2.24, 2.45) is 5.92 Å². The van der Waals surface area contributed by atoms with Crippen LogP contribution >= 0.6 is 23.2 Å². The lowest BCUT2D eigenvalue weighted by Gasteiger charge is -2.23. The maximum absolute atomic E-state index is 13.4. The van der Waals surface area contributed by atoms with E-state index in [4.69, 9.17) is 23.2 Å². The van der Waals surface area contributed by atoms with E-state index in [0.29, 0.717) is 6.54 Å². The van der Waals surface area contributed by atoms with Gasteiger partial charge in [0.15, 0.2) is 0 Å². The number of nitrogens with zero attached hydrogens (tertiary/aromatic N) is 1. The standard InChI is InChI=1S/C14H16Cl2FNO2/c1-18(7-8-3-2-4-13(8)19)14(20)9-5-12(17)11(16)6-10(9)15/h5-6,8,13,19H,2-4,7H2,1H3/t8-,13+/m1/s1. The number of amides is 1. The summed E-state index contributed by atoms with van der Waals surface area (Å²) in [6.07, 6.45) is 2.25. The minimum atomic E-state index is -0.672. The average molecular weight is 320 g/mol. The Labute approximate surface area is 127 Å². The Kier molecular flexibility index (Phi) is 4.89. The number of hydrogen-bond donors (Lipinski definition) is 1. The summed E-state index contributed by atoms with van der Waals surface area (Å²) in [5.41, 5.74) is 0.0866. The maximum Gasteiger partial charge on any atom is 0.255 e. The van der Waals surface area contributed by atoms with Crippen LogP contribution in [0.3, 0.4) is 0 Å². The molecule has 1 N–H and O–H groups in total. The zero-order chi connectivity index (χ0) is 14.9. The van der Waals surface area contributed by atoms with Crippen LogP contribution in [0.25, 0.3) is 0 Å². The van der Waals surface area contributed by atoms with Gasteiger partial charge < -0.3 is 10.0 Å². The first-order chi connectivity index (χ1) is 9.40. The molecule has 1 aromatic carbocycles. The third-order valence-electron chi connectivity index (χ3n) is 3.71. The van der Waals surface area contributed by atoms with Gasteiger partial charge in [-0.3, -0.25) is 4.79 Å². The highest BCUT2D eigenvalue weighted by molar-refractivity contribution is 6.36. The van der Waals surface area contributed by atoms with Crippen molar-refractivity contribution in [3.05, 3.63) is 33.6 Å². The van der Waals surface area contributed by atoms with E-state index < -0.39 is 5.82 Å². The molecule has 0 aliphatic heterocycles. The Morgan fingerprint density at radius 3 is 2.70 bits per heavy atom. The van der Waals surface area contributed by atoms with Gasteiger partial charge in [-0.25, -0.2) is 4.39 Å². The van der Waals surface area contributed by atoms with Crippen LogP contribution in [0.15, 0.2) is 12.1 Å². The molecule has 0 heterocycles. The van der Waals surface area contributed by atoms with Crippen molar-refractivity contribution in [2.75, 3.05) is 13.6 Å². The summed E-state index contributed by atoms with van der Waals surface area (Å²) < 4.78 is 13.4. The summed E-state index contributed by atoms with van der Waals surface area (Å²) in [6.45, 7) is 0.431. The van der Waals surface area contributed by atoms with E-state index in [-0.39, 0.29) is 33.5 Å². The number of aliphatic hydroxyl groups is 1. The van der Waals surface area contributed by atoms with Crippen LogP contribution in [0.2, 0.25) is 10.0 Å². The van der Waals surface area contributed by atoms with Crippen molar-refractivity contribution in [1.29, 1.82) is 0 Å². The highest BCUT2D eigenvalue weighted by Crippen LogP contribution is 2.28. The second-order valence-corrected chi connectivity index (χ2v) is 6.00. The summed E-state index contributed by atoms with van der Waals surface area (Å²) in [5.74, 6) is -0.974. The molecule has 2 rings (SSSR count). The predicted molar refractivity (Wildman–Crippen MR) is 76.7 cm³/mol. The van der Waals surface area contributed by atoms with Crippen LogP contribution in [0.5, 0.6) is 0 Å². The van der Waals surface area contributed by atoms with Crippen molar-refractivity contribution < 1.29 is 14.3 Å².